The fourth-order valence-electron chi connectivity index (χ4n) is 3.34. The number of benzene rings is 3. The molecule has 178 valence electrons. The fraction of sp³-hybridized carbons (Fsp3) is 0.222. The Kier molecular flexibility index (Phi) is 8.87. The van der Waals surface area contributed by atoms with E-state index < -0.39 is 0 Å². The number of carbonyl (C=O) groups is 1. The Labute approximate surface area is 204 Å². The number of rotatable bonds is 11. The minimum Gasteiger partial charge on any atom is -0.497 e. The second-order valence-electron chi connectivity index (χ2n) is 7.12. The molecule has 0 N–H and O–H groups in total. The van der Waals surface area contributed by atoms with Gasteiger partial charge in [0.05, 0.1) is 46.0 Å². The zero-order valence-corrected chi connectivity index (χ0v) is 20.7. The number of thioether (sulfide) groups is 1. The number of ether oxygens (including phenoxy) is 5. The minimum atomic E-state index is -0.192. The van der Waals surface area contributed by atoms with Gasteiger partial charge in [-0.1, -0.05) is 24.3 Å². The van der Waals surface area contributed by atoms with Gasteiger partial charge >= 0.3 is 0 Å². The second kappa shape index (κ2) is 12.0. The Morgan fingerprint density at radius 3 is 1.97 bits per heavy atom. The van der Waals surface area contributed by atoms with Crippen molar-refractivity contribution in [3.8, 4) is 28.7 Å². The van der Waals surface area contributed by atoms with Crippen molar-refractivity contribution in [1.29, 1.82) is 0 Å². The van der Waals surface area contributed by atoms with E-state index in [9.17, 15) is 4.79 Å². The zero-order valence-electron chi connectivity index (χ0n) is 19.9. The smallest absolute Gasteiger partial charge is 0.190 e. The van der Waals surface area contributed by atoms with E-state index in [1.165, 1.54) is 17.8 Å². The Morgan fingerprint density at radius 1 is 0.735 bits per heavy atom. The predicted molar refractivity (Wildman–Crippen MR) is 135 cm³/mol. The van der Waals surface area contributed by atoms with Crippen LogP contribution in [0.5, 0.6) is 28.7 Å². The molecule has 0 spiro atoms. The van der Waals surface area contributed by atoms with Gasteiger partial charge in [0.25, 0.3) is 0 Å². The van der Waals surface area contributed by atoms with E-state index in [4.69, 9.17) is 23.7 Å². The highest BCUT2D eigenvalue weighted by Gasteiger charge is 2.20. The maximum atomic E-state index is 13.4. The van der Waals surface area contributed by atoms with E-state index in [1.807, 2.05) is 42.5 Å². The lowest BCUT2D eigenvalue weighted by atomic mass is 10.1. The van der Waals surface area contributed by atoms with Gasteiger partial charge in [0.2, 0.25) is 0 Å². The zero-order chi connectivity index (χ0) is 24.5. The van der Waals surface area contributed by atoms with Crippen LogP contribution in [0, 0.1) is 0 Å². The molecule has 3 aromatic rings. The SMILES string of the molecule is COc1ccc(CSc2c(OC)ccc(OC)c2C(=O)C=Cc2ccc(OC)c(OC)c2)cc1. The van der Waals surface area contributed by atoms with Gasteiger partial charge in [-0.05, 0) is 53.6 Å². The first-order valence-corrected chi connectivity index (χ1v) is 11.5. The first-order valence-electron chi connectivity index (χ1n) is 10.5. The number of hydrogen-bond acceptors (Lipinski definition) is 7. The molecule has 0 aliphatic rings. The highest BCUT2D eigenvalue weighted by molar-refractivity contribution is 7.98. The van der Waals surface area contributed by atoms with Crippen molar-refractivity contribution in [2.24, 2.45) is 0 Å². The van der Waals surface area contributed by atoms with Crippen LogP contribution in [0.3, 0.4) is 0 Å². The van der Waals surface area contributed by atoms with Crippen LogP contribution in [0.4, 0.5) is 0 Å². The molecule has 0 atom stereocenters. The summed E-state index contributed by atoms with van der Waals surface area (Å²) in [7, 11) is 7.93. The molecule has 0 fully saturated rings. The Bertz CT molecular complexity index is 1150. The number of carbonyl (C=O) groups excluding carboxylic acids is 1. The van der Waals surface area contributed by atoms with Crippen LogP contribution in [-0.4, -0.2) is 41.3 Å². The van der Waals surface area contributed by atoms with Crippen molar-refractivity contribution in [3.63, 3.8) is 0 Å². The molecule has 0 bridgehead atoms. The van der Waals surface area contributed by atoms with Gasteiger partial charge in [0, 0.05) is 5.75 Å². The average Bonchev–Trinajstić information content (AvgIpc) is 2.89. The van der Waals surface area contributed by atoms with E-state index in [1.54, 1.807) is 53.8 Å². The molecule has 0 saturated carbocycles. The van der Waals surface area contributed by atoms with Crippen LogP contribution in [0.25, 0.3) is 6.08 Å². The van der Waals surface area contributed by atoms with Gasteiger partial charge in [-0.3, -0.25) is 4.79 Å². The lowest BCUT2D eigenvalue weighted by molar-refractivity contribution is 0.104. The maximum absolute atomic E-state index is 13.4. The molecule has 3 rings (SSSR count). The van der Waals surface area contributed by atoms with Crippen molar-refractivity contribution < 1.29 is 28.5 Å². The average molecular weight is 481 g/mol. The van der Waals surface area contributed by atoms with Crippen LogP contribution in [0.15, 0.2) is 65.6 Å². The Balaban J connectivity index is 1.92. The molecule has 0 aliphatic heterocycles. The number of allylic oxidation sites excluding steroid dienone is 1. The standard InChI is InChI=1S/C27H28O6S/c1-29-20-10-6-19(7-11-20)17-34-27-24(32-4)15-14-23(31-3)26(27)21(28)12-8-18-9-13-22(30-2)25(16-18)33-5/h6-16H,17H2,1-5H3. The third kappa shape index (κ3) is 5.85. The van der Waals surface area contributed by atoms with Crippen molar-refractivity contribution >= 4 is 23.6 Å². The minimum absolute atomic E-state index is 0.192. The van der Waals surface area contributed by atoms with Gasteiger partial charge in [-0.15, -0.1) is 11.8 Å². The summed E-state index contributed by atoms with van der Waals surface area (Å²) in [6.45, 7) is 0. The molecule has 0 aliphatic carbocycles. The first-order chi connectivity index (χ1) is 16.5. The van der Waals surface area contributed by atoms with Crippen LogP contribution in [-0.2, 0) is 5.75 Å². The molecule has 0 radical (unpaired) electrons. The summed E-state index contributed by atoms with van der Waals surface area (Å²) in [6.07, 6.45) is 3.26. The van der Waals surface area contributed by atoms with Gasteiger partial charge in [-0.25, -0.2) is 0 Å². The molecule has 0 unspecified atom stereocenters. The summed E-state index contributed by atoms with van der Waals surface area (Å²) in [5.74, 6) is 3.56. The molecular formula is C27H28O6S. The van der Waals surface area contributed by atoms with Gasteiger partial charge in [-0.2, -0.15) is 0 Å². The van der Waals surface area contributed by atoms with Crippen molar-refractivity contribution in [1.82, 2.24) is 0 Å². The fourth-order valence-corrected chi connectivity index (χ4v) is 4.48. The summed E-state index contributed by atoms with van der Waals surface area (Å²) in [5.41, 5.74) is 2.35. The summed E-state index contributed by atoms with van der Waals surface area (Å²) >= 11 is 1.52. The van der Waals surface area contributed by atoms with Crippen LogP contribution in [0.1, 0.15) is 21.5 Å². The molecule has 0 aromatic heterocycles. The van der Waals surface area contributed by atoms with E-state index in [0.717, 1.165) is 21.8 Å². The van der Waals surface area contributed by atoms with Crippen LogP contribution >= 0.6 is 11.8 Å². The van der Waals surface area contributed by atoms with E-state index >= 15 is 0 Å². The van der Waals surface area contributed by atoms with E-state index in [-0.39, 0.29) is 5.78 Å². The summed E-state index contributed by atoms with van der Waals surface area (Å²) < 4.78 is 27.0. The third-order valence-electron chi connectivity index (χ3n) is 5.15. The lowest BCUT2D eigenvalue weighted by Crippen LogP contribution is -2.04. The molecule has 6 nitrogen and oxygen atoms in total. The topological polar surface area (TPSA) is 63.2 Å². The molecular weight excluding hydrogens is 452 g/mol. The van der Waals surface area contributed by atoms with Crippen molar-refractivity contribution in [3.05, 3.63) is 77.4 Å². The number of hydrogen-bond donors (Lipinski definition) is 0. The summed E-state index contributed by atoms with van der Waals surface area (Å²) in [5, 5.41) is 0. The summed E-state index contributed by atoms with van der Waals surface area (Å²) in [6, 6.07) is 16.8. The monoisotopic (exact) mass is 480 g/mol. The van der Waals surface area contributed by atoms with Crippen molar-refractivity contribution in [2.75, 3.05) is 35.5 Å². The van der Waals surface area contributed by atoms with Gasteiger partial charge < -0.3 is 23.7 Å². The normalized spacial score (nSPS) is 10.7. The first kappa shape index (κ1) is 25.1. The van der Waals surface area contributed by atoms with E-state index in [2.05, 4.69) is 0 Å². The quantitative estimate of drug-likeness (QED) is 0.192. The largest absolute Gasteiger partial charge is 0.497 e. The third-order valence-corrected chi connectivity index (χ3v) is 6.32. The molecule has 0 heterocycles. The molecule has 3 aromatic carbocycles. The number of methoxy groups -OCH3 is 5. The van der Waals surface area contributed by atoms with Crippen molar-refractivity contribution in [2.45, 2.75) is 10.6 Å². The van der Waals surface area contributed by atoms with Gasteiger partial charge in [0.1, 0.15) is 17.2 Å². The van der Waals surface area contributed by atoms with Crippen LogP contribution < -0.4 is 23.7 Å². The highest BCUT2D eigenvalue weighted by Crippen LogP contribution is 2.40. The Morgan fingerprint density at radius 2 is 1.35 bits per heavy atom. The predicted octanol–water partition coefficient (Wildman–Crippen LogP) is 5.92. The lowest BCUT2D eigenvalue weighted by Gasteiger charge is -2.15. The Hall–Kier alpha value is -3.58. The van der Waals surface area contributed by atoms with Crippen LogP contribution in [0.2, 0.25) is 0 Å². The van der Waals surface area contributed by atoms with E-state index in [0.29, 0.717) is 34.3 Å². The molecule has 0 amide bonds. The molecule has 7 heteroatoms. The number of ketones is 1. The second-order valence-corrected chi connectivity index (χ2v) is 8.11. The highest BCUT2D eigenvalue weighted by atomic mass is 32.2. The maximum Gasteiger partial charge on any atom is 0.190 e. The molecule has 0 saturated heterocycles. The molecule has 34 heavy (non-hydrogen) atoms. The summed E-state index contributed by atoms with van der Waals surface area (Å²) in [4.78, 5) is 14.1. The van der Waals surface area contributed by atoms with Gasteiger partial charge in [0.15, 0.2) is 17.3 Å².